The van der Waals surface area contributed by atoms with Crippen molar-refractivity contribution in [1.29, 1.82) is 0 Å². The first kappa shape index (κ1) is 21.7. The molecule has 158 valence electrons. The summed E-state index contributed by atoms with van der Waals surface area (Å²) >= 11 is 0. The van der Waals surface area contributed by atoms with Gasteiger partial charge in [0.1, 0.15) is 5.75 Å². The highest BCUT2D eigenvalue weighted by atomic mass is 32.2. The van der Waals surface area contributed by atoms with Crippen molar-refractivity contribution in [1.82, 2.24) is 0 Å². The van der Waals surface area contributed by atoms with Crippen molar-refractivity contribution in [3.8, 4) is 5.75 Å². The fourth-order valence-corrected chi connectivity index (χ4v) is 6.01. The highest BCUT2D eigenvalue weighted by Gasteiger charge is 2.33. The second-order valence-electron chi connectivity index (χ2n) is 9.99. The number of benzene rings is 1. The van der Waals surface area contributed by atoms with E-state index in [9.17, 15) is 8.42 Å². The summed E-state index contributed by atoms with van der Waals surface area (Å²) in [5, 5.41) is 0. The maximum Gasteiger partial charge on any atom is 0.155 e. The van der Waals surface area contributed by atoms with Crippen LogP contribution in [0.1, 0.15) is 84.1 Å². The Balaban J connectivity index is 1.39. The van der Waals surface area contributed by atoms with E-state index in [0.29, 0.717) is 17.8 Å². The van der Waals surface area contributed by atoms with Crippen molar-refractivity contribution in [2.75, 3.05) is 5.75 Å². The van der Waals surface area contributed by atoms with E-state index in [0.717, 1.165) is 30.9 Å². The van der Waals surface area contributed by atoms with Crippen LogP contribution in [0.15, 0.2) is 24.3 Å². The number of hydrogen-bond donors (Lipinski definition) is 0. The van der Waals surface area contributed by atoms with Crippen LogP contribution in [0.4, 0.5) is 0 Å². The highest BCUT2D eigenvalue weighted by molar-refractivity contribution is 7.92. The number of ether oxygens (including phenoxy) is 1. The fraction of sp³-hybridized carbons (Fsp3) is 0.750. The normalized spacial score (nSPS) is 24.4. The van der Waals surface area contributed by atoms with Gasteiger partial charge < -0.3 is 4.74 Å². The topological polar surface area (TPSA) is 43.4 Å². The van der Waals surface area contributed by atoms with E-state index in [2.05, 4.69) is 24.3 Å². The van der Waals surface area contributed by atoms with Crippen LogP contribution in [-0.4, -0.2) is 25.0 Å². The molecule has 0 N–H and O–H groups in total. The molecule has 0 spiro atoms. The zero-order valence-corrected chi connectivity index (χ0v) is 18.8. The van der Waals surface area contributed by atoms with Gasteiger partial charge in [-0.25, -0.2) is 8.42 Å². The quantitative estimate of drug-likeness (QED) is 0.561. The molecule has 0 bridgehead atoms. The maximum atomic E-state index is 12.4. The van der Waals surface area contributed by atoms with Crippen LogP contribution in [0, 0.1) is 11.8 Å². The lowest BCUT2D eigenvalue weighted by Crippen LogP contribution is -2.34. The number of hydrogen-bond acceptors (Lipinski definition) is 3. The van der Waals surface area contributed by atoms with Crippen LogP contribution in [-0.2, 0) is 16.3 Å². The predicted molar refractivity (Wildman–Crippen MR) is 117 cm³/mol. The monoisotopic (exact) mass is 406 g/mol. The van der Waals surface area contributed by atoms with E-state index in [1.54, 1.807) is 0 Å². The van der Waals surface area contributed by atoms with Crippen molar-refractivity contribution in [2.45, 2.75) is 95.8 Å². The largest absolute Gasteiger partial charge is 0.490 e. The van der Waals surface area contributed by atoms with Gasteiger partial charge in [0.2, 0.25) is 0 Å². The van der Waals surface area contributed by atoms with E-state index >= 15 is 0 Å². The van der Waals surface area contributed by atoms with Gasteiger partial charge in [-0.15, -0.1) is 0 Å². The first-order valence-corrected chi connectivity index (χ1v) is 12.9. The third-order valence-electron chi connectivity index (χ3n) is 6.72. The summed E-state index contributed by atoms with van der Waals surface area (Å²) in [5.41, 5.74) is 1.39. The Morgan fingerprint density at radius 3 is 2.04 bits per heavy atom. The van der Waals surface area contributed by atoms with Crippen molar-refractivity contribution in [3.63, 3.8) is 0 Å². The molecule has 0 amide bonds. The van der Waals surface area contributed by atoms with Crippen LogP contribution < -0.4 is 4.74 Å². The Bertz CT molecular complexity index is 701. The Morgan fingerprint density at radius 2 is 1.46 bits per heavy atom. The molecule has 0 unspecified atom stereocenters. The van der Waals surface area contributed by atoms with Crippen molar-refractivity contribution >= 4 is 9.84 Å². The van der Waals surface area contributed by atoms with Gasteiger partial charge in [0, 0.05) is 0 Å². The molecule has 3 nitrogen and oxygen atoms in total. The molecule has 2 aliphatic carbocycles. The highest BCUT2D eigenvalue weighted by Crippen LogP contribution is 2.34. The molecular weight excluding hydrogens is 368 g/mol. The van der Waals surface area contributed by atoms with Crippen LogP contribution in [0.2, 0.25) is 0 Å². The molecule has 0 saturated heterocycles. The molecular formula is C24H38O3S. The molecule has 3 rings (SSSR count). The van der Waals surface area contributed by atoms with E-state index in [4.69, 9.17) is 4.74 Å². The molecule has 2 fully saturated rings. The molecule has 0 aromatic heterocycles. The summed E-state index contributed by atoms with van der Waals surface area (Å²) in [5.74, 6) is 2.47. The minimum atomic E-state index is -2.99. The van der Waals surface area contributed by atoms with Crippen LogP contribution in [0.5, 0.6) is 5.75 Å². The average Bonchev–Trinajstić information content (AvgIpc) is 3.14. The Morgan fingerprint density at radius 1 is 0.893 bits per heavy atom. The van der Waals surface area contributed by atoms with Gasteiger partial charge in [-0.3, -0.25) is 0 Å². The summed E-state index contributed by atoms with van der Waals surface area (Å²) in [4.78, 5) is 0. The summed E-state index contributed by atoms with van der Waals surface area (Å²) in [6, 6.07) is 8.68. The van der Waals surface area contributed by atoms with Gasteiger partial charge in [0.05, 0.1) is 16.6 Å². The molecule has 28 heavy (non-hydrogen) atoms. The summed E-state index contributed by atoms with van der Waals surface area (Å²) in [6.45, 7) is 5.45. The third kappa shape index (κ3) is 5.98. The lowest BCUT2D eigenvalue weighted by Gasteiger charge is -2.30. The van der Waals surface area contributed by atoms with Crippen LogP contribution >= 0.6 is 0 Å². The number of aryl methyl sites for hydroxylation is 1. The minimum Gasteiger partial charge on any atom is -0.490 e. The average molecular weight is 407 g/mol. The predicted octanol–water partition coefficient (Wildman–Crippen LogP) is 5.96. The lowest BCUT2D eigenvalue weighted by molar-refractivity contribution is 0.210. The first-order valence-electron chi connectivity index (χ1n) is 11.2. The molecule has 0 aliphatic heterocycles. The van der Waals surface area contributed by atoms with Gasteiger partial charge in [-0.05, 0) is 102 Å². The van der Waals surface area contributed by atoms with Gasteiger partial charge >= 0.3 is 0 Å². The molecule has 2 saturated carbocycles. The number of rotatable bonds is 7. The van der Waals surface area contributed by atoms with Gasteiger partial charge in [-0.1, -0.05) is 25.0 Å². The van der Waals surface area contributed by atoms with Crippen LogP contribution in [0.25, 0.3) is 0 Å². The Hall–Kier alpha value is -1.03. The fourth-order valence-electron chi connectivity index (χ4n) is 4.55. The number of sulfone groups is 1. The molecule has 1 aromatic rings. The maximum absolute atomic E-state index is 12.4. The van der Waals surface area contributed by atoms with Gasteiger partial charge in [-0.2, -0.15) is 0 Å². The van der Waals surface area contributed by atoms with Crippen molar-refractivity contribution in [3.05, 3.63) is 29.8 Å². The first-order chi connectivity index (χ1) is 13.2. The summed E-state index contributed by atoms with van der Waals surface area (Å²) < 4.78 is 30.3. The third-order valence-corrected chi connectivity index (χ3v) is 9.50. The van der Waals surface area contributed by atoms with E-state index in [1.807, 2.05) is 20.8 Å². The lowest BCUT2D eigenvalue weighted by atomic mass is 9.80. The molecule has 0 heterocycles. The van der Waals surface area contributed by atoms with Crippen molar-refractivity contribution < 1.29 is 13.2 Å². The molecule has 4 heteroatoms. The van der Waals surface area contributed by atoms with Crippen LogP contribution in [0.3, 0.4) is 0 Å². The molecule has 0 atom stereocenters. The zero-order chi connectivity index (χ0) is 20.2. The van der Waals surface area contributed by atoms with Gasteiger partial charge in [0.15, 0.2) is 9.84 Å². The Kier molecular flexibility index (Phi) is 7.12. The Labute approximate surface area is 172 Å². The molecule has 2 aliphatic rings. The molecule has 0 radical (unpaired) electrons. The minimum absolute atomic E-state index is 0.354. The van der Waals surface area contributed by atoms with E-state index in [1.165, 1.54) is 50.5 Å². The summed E-state index contributed by atoms with van der Waals surface area (Å²) in [7, 11) is -2.99. The van der Waals surface area contributed by atoms with Gasteiger partial charge in [0.25, 0.3) is 0 Å². The SMILES string of the molecule is CC(C)(C)S(=O)(=O)CC1CCC(CCc2ccc(OC3CCCC3)cc2)CC1. The van der Waals surface area contributed by atoms with Crippen molar-refractivity contribution in [2.24, 2.45) is 11.8 Å². The zero-order valence-electron chi connectivity index (χ0n) is 18.0. The van der Waals surface area contributed by atoms with E-state index < -0.39 is 14.6 Å². The summed E-state index contributed by atoms with van der Waals surface area (Å²) in [6.07, 6.45) is 12.2. The standard InChI is InChI=1S/C24H38O3S/c1-24(2,3)28(25,26)18-21-12-10-19(11-13-21)8-9-20-14-16-23(17-15-20)27-22-6-4-5-7-22/h14-17,19,21-22H,4-13,18H2,1-3H3. The molecule has 1 aromatic carbocycles. The second kappa shape index (κ2) is 9.19. The second-order valence-corrected chi connectivity index (χ2v) is 12.8. The smallest absolute Gasteiger partial charge is 0.155 e. The van der Waals surface area contributed by atoms with E-state index in [-0.39, 0.29) is 0 Å².